The normalized spacial score (nSPS) is 14.5. The van der Waals surface area contributed by atoms with Crippen LogP contribution >= 0.6 is 0 Å². The van der Waals surface area contributed by atoms with Gasteiger partial charge in [-0.05, 0) is 19.3 Å². The molecule has 0 bridgehead atoms. The lowest BCUT2D eigenvalue weighted by Gasteiger charge is -2.16. The average molecular weight is 294 g/mol. The summed E-state index contributed by atoms with van der Waals surface area (Å²) in [4.78, 5) is 15.4. The molecule has 1 aromatic heterocycles. The fourth-order valence-corrected chi connectivity index (χ4v) is 2.20. The minimum atomic E-state index is 0.598. The number of hydrogen-bond donors (Lipinski definition) is 2. The summed E-state index contributed by atoms with van der Waals surface area (Å²) in [6.07, 6.45) is 4.67. The summed E-state index contributed by atoms with van der Waals surface area (Å²) < 4.78 is 5.52. The molecule has 0 spiro atoms. The van der Waals surface area contributed by atoms with Crippen LogP contribution in [0.3, 0.4) is 0 Å². The van der Waals surface area contributed by atoms with Gasteiger partial charge in [-0.3, -0.25) is 0 Å². The van der Waals surface area contributed by atoms with Gasteiger partial charge in [0.25, 0.3) is 0 Å². The van der Waals surface area contributed by atoms with Crippen molar-refractivity contribution in [3.8, 4) is 0 Å². The second-order valence-electron chi connectivity index (χ2n) is 5.12. The summed E-state index contributed by atoms with van der Waals surface area (Å²) in [7, 11) is 1.82. The minimum absolute atomic E-state index is 0.598. The lowest BCUT2D eigenvalue weighted by Crippen LogP contribution is -2.22. The number of rotatable bonds is 9. The molecule has 1 fully saturated rings. The molecule has 0 aromatic carbocycles. The zero-order valence-corrected chi connectivity index (χ0v) is 13.1. The molecule has 1 aliphatic rings. The van der Waals surface area contributed by atoms with E-state index in [2.05, 4.69) is 37.4 Å². The zero-order valence-electron chi connectivity index (χ0n) is 13.1. The number of nitrogens with one attached hydrogen (secondary N) is 2. The summed E-state index contributed by atoms with van der Waals surface area (Å²) in [6, 6.07) is 0. The van der Waals surface area contributed by atoms with Gasteiger partial charge in [0, 0.05) is 33.3 Å². The van der Waals surface area contributed by atoms with Crippen molar-refractivity contribution < 1.29 is 4.74 Å². The number of unbranched alkanes of at least 4 members (excludes halogenated alkanes) is 1. The number of ether oxygens (including phenoxy) is 1. The van der Waals surface area contributed by atoms with Crippen molar-refractivity contribution in [2.45, 2.75) is 32.6 Å². The molecule has 0 saturated carbocycles. The molecule has 2 N–H and O–H groups in total. The molecular formula is C14H26N6O. The third-order valence-corrected chi connectivity index (χ3v) is 3.41. The zero-order chi connectivity index (χ0) is 14.9. The maximum absolute atomic E-state index is 5.52. The Labute approximate surface area is 126 Å². The van der Waals surface area contributed by atoms with Gasteiger partial charge in [-0.1, -0.05) is 13.3 Å². The van der Waals surface area contributed by atoms with Crippen LogP contribution in [-0.2, 0) is 4.74 Å². The van der Waals surface area contributed by atoms with Crippen LogP contribution in [0, 0.1) is 0 Å². The molecule has 0 aliphatic carbocycles. The van der Waals surface area contributed by atoms with Crippen molar-refractivity contribution >= 4 is 17.8 Å². The van der Waals surface area contributed by atoms with E-state index < -0.39 is 0 Å². The highest BCUT2D eigenvalue weighted by atomic mass is 16.5. The van der Waals surface area contributed by atoms with Crippen LogP contribution in [0.25, 0.3) is 0 Å². The van der Waals surface area contributed by atoms with Crippen LogP contribution in [0.1, 0.15) is 32.6 Å². The van der Waals surface area contributed by atoms with Crippen LogP contribution in [0.2, 0.25) is 0 Å². The van der Waals surface area contributed by atoms with E-state index in [0.29, 0.717) is 25.0 Å². The Morgan fingerprint density at radius 3 is 2.57 bits per heavy atom. The third kappa shape index (κ3) is 5.00. The van der Waals surface area contributed by atoms with Gasteiger partial charge < -0.3 is 20.3 Å². The Morgan fingerprint density at radius 2 is 1.86 bits per heavy atom. The molecule has 0 unspecified atom stereocenters. The van der Waals surface area contributed by atoms with E-state index in [1.807, 2.05) is 7.05 Å². The van der Waals surface area contributed by atoms with E-state index in [1.54, 1.807) is 0 Å². The number of aromatic nitrogens is 3. The maximum atomic E-state index is 5.52. The Balaban J connectivity index is 1.87. The molecule has 0 atom stereocenters. The number of anilines is 3. The van der Waals surface area contributed by atoms with Crippen molar-refractivity contribution in [2.24, 2.45) is 0 Å². The van der Waals surface area contributed by atoms with Crippen LogP contribution in [0.5, 0.6) is 0 Å². The highest BCUT2D eigenvalue weighted by Gasteiger charge is 2.16. The lowest BCUT2D eigenvalue weighted by atomic mass is 10.4. The van der Waals surface area contributed by atoms with Crippen molar-refractivity contribution in [3.63, 3.8) is 0 Å². The minimum Gasteiger partial charge on any atom is -0.380 e. The molecule has 21 heavy (non-hydrogen) atoms. The Morgan fingerprint density at radius 1 is 1.10 bits per heavy atom. The van der Waals surface area contributed by atoms with Gasteiger partial charge in [0.15, 0.2) is 0 Å². The van der Waals surface area contributed by atoms with Gasteiger partial charge in [-0.2, -0.15) is 15.0 Å². The smallest absolute Gasteiger partial charge is 0.231 e. The average Bonchev–Trinajstić information content (AvgIpc) is 3.05. The SMILES string of the molecule is CCCCOCCNc1nc(NC)nc(N2CCCC2)n1. The summed E-state index contributed by atoms with van der Waals surface area (Å²) in [6.45, 7) is 6.39. The molecule has 0 amide bonds. The first-order valence-electron chi connectivity index (χ1n) is 7.84. The van der Waals surface area contributed by atoms with Crippen LogP contribution < -0.4 is 15.5 Å². The molecule has 1 aliphatic heterocycles. The topological polar surface area (TPSA) is 75.2 Å². The largest absolute Gasteiger partial charge is 0.380 e. The first-order valence-corrected chi connectivity index (χ1v) is 7.84. The molecule has 0 radical (unpaired) electrons. The van der Waals surface area contributed by atoms with Gasteiger partial charge in [0.2, 0.25) is 17.8 Å². The fraction of sp³-hybridized carbons (Fsp3) is 0.786. The van der Waals surface area contributed by atoms with Gasteiger partial charge >= 0.3 is 0 Å². The van der Waals surface area contributed by atoms with Gasteiger partial charge in [-0.25, -0.2) is 0 Å². The van der Waals surface area contributed by atoms with E-state index in [9.17, 15) is 0 Å². The molecular weight excluding hydrogens is 268 g/mol. The van der Waals surface area contributed by atoms with Gasteiger partial charge in [-0.15, -0.1) is 0 Å². The molecule has 7 nitrogen and oxygen atoms in total. The highest BCUT2D eigenvalue weighted by molar-refractivity contribution is 5.44. The van der Waals surface area contributed by atoms with Crippen LogP contribution in [0.4, 0.5) is 17.8 Å². The standard InChI is InChI=1S/C14H26N6O/c1-3-4-10-21-11-7-16-13-17-12(15-2)18-14(19-13)20-8-5-6-9-20/h3-11H2,1-2H3,(H2,15,16,17,18,19). The number of nitrogens with zero attached hydrogens (tertiary/aromatic N) is 4. The Kier molecular flexibility index (Phi) is 6.46. The first kappa shape index (κ1) is 15.8. The molecule has 1 aromatic rings. The first-order chi connectivity index (χ1) is 10.3. The van der Waals surface area contributed by atoms with E-state index in [-0.39, 0.29) is 0 Å². The van der Waals surface area contributed by atoms with Crippen molar-refractivity contribution in [3.05, 3.63) is 0 Å². The molecule has 118 valence electrons. The third-order valence-electron chi connectivity index (χ3n) is 3.41. The van der Waals surface area contributed by atoms with Crippen LogP contribution in [-0.4, -0.2) is 54.8 Å². The summed E-state index contributed by atoms with van der Waals surface area (Å²) in [5.41, 5.74) is 0. The summed E-state index contributed by atoms with van der Waals surface area (Å²) in [5.74, 6) is 1.96. The molecule has 1 saturated heterocycles. The van der Waals surface area contributed by atoms with E-state index >= 15 is 0 Å². The summed E-state index contributed by atoms with van der Waals surface area (Å²) >= 11 is 0. The van der Waals surface area contributed by atoms with E-state index in [1.165, 1.54) is 12.8 Å². The van der Waals surface area contributed by atoms with Gasteiger partial charge in [0.1, 0.15) is 0 Å². The molecule has 7 heteroatoms. The Hall–Kier alpha value is -1.63. The van der Waals surface area contributed by atoms with E-state index in [0.717, 1.165) is 38.5 Å². The molecule has 2 rings (SSSR count). The summed E-state index contributed by atoms with van der Waals surface area (Å²) in [5, 5.41) is 6.20. The second-order valence-corrected chi connectivity index (χ2v) is 5.12. The fourth-order valence-electron chi connectivity index (χ4n) is 2.20. The monoisotopic (exact) mass is 294 g/mol. The predicted molar refractivity (Wildman–Crippen MR) is 85.0 cm³/mol. The highest BCUT2D eigenvalue weighted by Crippen LogP contribution is 2.18. The second kappa shape index (κ2) is 8.61. The molecule has 2 heterocycles. The van der Waals surface area contributed by atoms with Crippen molar-refractivity contribution in [2.75, 3.05) is 55.4 Å². The lowest BCUT2D eigenvalue weighted by molar-refractivity contribution is 0.141. The predicted octanol–water partition coefficient (Wildman–Crippen LogP) is 1.74. The van der Waals surface area contributed by atoms with Crippen LogP contribution in [0.15, 0.2) is 0 Å². The van der Waals surface area contributed by atoms with Crippen molar-refractivity contribution in [1.82, 2.24) is 15.0 Å². The quantitative estimate of drug-likeness (QED) is 0.672. The van der Waals surface area contributed by atoms with E-state index in [4.69, 9.17) is 4.74 Å². The van der Waals surface area contributed by atoms with Crippen molar-refractivity contribution in [1.29, 1.82) is 0 Å². The van der Waals surface area contributed by atoms with Gasteiger partial charge in [0.05, 0.1) is 6.61 Å². The Bertz CT molecular complexity index is 422. The number of hydrogen-bond acceptors (Lipinski definition) is 7. The maximum Gasteiger partial charge on any atom is 0.231 e.